The van der Waals surface area contributed by atoms with Gasteiger partial charge in [0.1, 0.15) is 0 Å². The molecule has 0 aliphatic carbocycles. The first-order valence-corrected chi connectivity index (χ1v) is 8.77. The van der Waals surface area contributed by atoms with Crippen molar-refractivity contribution in [3.8, 4) is 0 Å². The average molecular weight is 325 g/mol. The molecule has 1 fully saturated rings. The number of hydrogen-bond acceptors (Lipinski definition) is 4. The Morgan fingerprint density at radius 2 is 1.91 bits per heavy atom. The summed E-state index contributed by atoms with van der Waals surface area (Å²) in [6, 6.07) is 6.08. The van der Waals surface area contributed by atoms with Crippen LogP contribution >= 0.6 is 0 Å². The van der Waals surface area contributed by atoms with Crippen LogP contribution in [0.15, 0.2) is 29.2 Å². The SMILES string of the molecule is CCS(=O)(=O)c1ccccc1C(=O)N1C[C@@H](C)[C@H](C(=O)O)C1. The van der Waals surface area contributed by atoms with Crippen LogP contribution < -0.4 is 0 Å². The van der Waals surface area contributed by atoms with E-state index in [9.17, 15) is 18.0 Å². The van der Waals surface area contributed by atoms with Gasteiger partial charge in [0.15, 0.2) is 9.84 Å². The lowest BCUT2D eigenvalue weighted by Crippen LogP contribution is -2.31. The Morgan fingerprint density at radius 3 is 2.45 bits per heavy atom. The van der Waals surface area contributed by atoms with Crippen LogP contribution in [0.5, 0.6) is 0 Å². The number of aliphatic carboxylic acids is 1. The van der Waals surface area contributed by atoms with Gasteiger partial charge in [-0.15, -0.1) is 0 Å². The number of nitrogens with zero attached hydrogens (tertiary/aromatic N) is 1. The number of carboxylic acids is 1. The standard InChI is InChI=1S/C15H19NO5S/c1-3-22(20,21)13-7-5-4-6-11(13)14(17)16-8-10(2)12(9-16)15(18)19/h4-7,10,12H,3,8-9H2,1-2H3,(H,18,19)/t10-,12-/m1/s1. The number of sulfone groups is 1. The highest BCUT2D eigenvalue weighted by atomic mass is 32.2. The van der Waals surface area contributed by atoms with Crippen molar-refractivity contribution in [2.45, 2.75) is 18.7 Å². The molecule has 2 atom stereocenters. The van der Waals surface area contributed by atoms with Crippen molar-refractivity contribution in [3.63, 3.8) is 0 Å². The predicted molar refractivity (Wildman–Crippen MR) is 80.4 cm³/mol. The third kappa shape index (κ3) is 2.99. The second kappa shape index (κ2) is 6.08. The molecule has 7 heteroatoms. The van der Waals surface area contributed by atoms with Crippen LogP contribution in [0.1, 0.15) is 24.2 Å². The number of benzene rings is 1. The largest absolute Gasteiger partial charge is 0.481 e. The van der Waals surface area contributed by atoms with Crippen LogP contribution in [0.25, 0.3) is 0 Å². The van der Waals surface area contributed by atoms with Gasteiger partial charge >= 0.3 is 5.97 Å². The van der Waals surface area contributed by atoms with E-state index in [-0.39, 0.29) is 28.7 Å². The Labute approximate surface area is 129 Å². The monoisotopic (exact) mass is 325 g/mol. The fourth-order valence-corrected chi connectivity index (χ4v) is 3.78. The minimum atomic E-state index is -3.51. The number of carboxylic acid groups (broad SMARTS) is 1. The van der Waals surface area contributed by atoms with E-state index in [1.165, 1.54) is 24.0 Å². The smallest absolute Gasteiger partial charge is 0.308 e. The predicted octanol–water partition coefficient (Wildman–Crippen LogP) is 1.27. The third-order valence-electron chi connectivity index (χ3n) is 4.05. The van der Waals surface area contributed by atoms with Crippen LogP contribution in [0.3, 0.4) is 0 Å². The molecule has 1 aromatic carbocycles. The first-order valence-electron chi connectivity index (χ1n) is 7.11. The summed E-state index contributed by atoms with van der Waals surface area (Å²) < 4.78 is 24.2. The van der Waals surface area contributed by atoms with Gasteiger partial charge in [-0.25, -0.2) is 8.42 Å². The maximum atomic E-state index is 12.6. The van der Waals surface area contributed by atoms with Gasteiger partial charge in [0.05, 0.1) is 22.1 Å². The van der Waals surface area contributed by atoms with Gasteiger partial charge in [-0.2, -0.15) is 0 Å². The quantitative estimate of drug-likeness (QED) is 0.900. The zero-order valence-electron chi connectivity index (χ0n) is 12.5. The molecule has 0 bridgehead atoms. The maximum absolute atomic E-state index is 12.6. The molecule has 0 radical (unpaired) electrons. The highest BCUT2D eigenvalue weighted by Gasteiger charge is 2.38. The van der Waals surface area contributed by atoms with Crippen LogP contribution in [0.4, 0.5) is 0 Å². The lowest BCUT2D eigenvalue weighted by Gasteiger charge is -2.18. The number of hydrogen-bond donors (Lipinski definition) is 1. The van der Waals surface area contributed by atoms with Crippen molar-refractivity contribution in [3.05, 3.63) is 29.8 Å². The normalized spacial score (nSPS) is 21.8. The molecular weight excluding hydrogens is 306 g/mol. The molecule has 1 heterocycles. The second-order valence-corrected chi connectivity index (χ2v) is 7.78. The fraction of sp³-hybridized carbons (Fsp3) is 0.467. The van der Waals surface area contributed by atoms with E-state index in [1.807, 2.05) is 0 Å². The Kier molecular flexibility index (Phi) is 4.55. The van der Waals surface area contributed by atoms with Crippen molar-refractivity contribution in [1.82, 2.24) is 4.90 Å². The molecule has 6 nitrogen and oxygen atoms in total. The fourth-order valence-electron chi connectivity index (χ4n) is 2.69. The minimum absolute atomic E-state index is 0.00827. The highest BCUT2D eigenvalue weighted by Crippen LogP contribution is 2.26. The van der Waals surface area contributed by atoms with Gasteiger partial charge in [0.25, 0.3) is 5.91 Å². The zero-order valence-corrected chi connectivity index (χ0v) is 13.3. The van der Waals surface area contributed by atoms with Crippen molar-refractivity contribution >= 4 is 21.7 Å². The molecule has 0 spiro atoms. The third-order valence-corrected chi connectivity index (χ3v) is 5.84. The van der Waals surface area contributed by atoms with Crippen LogP contribution in [-0.2, 0) is 14.6 Å². The molecule has 1 aliphatic rings. The average Bonchev–Trinajstić information content (AvgIpc) is 2.88. The summed E-state index contributed by atoms with van der Waals surface area (Å²) in [5, 5.41) is 9.14. The minimum Gasteiger partial charge on any atom is -0.481 e. The molecule has 22 heavy (non-hydrogen) atoms. The molecule has 1 aromatic rings. The van der Waals surface area contributed by atoms with Crippen molar-refractivity contribution in [1.29, 1.82) is 0 Å². The Bertz CT molecular complexity index is 698. The first-order chi connectivity index (χ1) is 10.3. The van der Waals surface area contributed by atoms with Gasteiger partial charge < -0.3 is 10.0 Å². The van der Waals surface area contributed by atoms with Crippen molar-refractivity contribution in [2.24, 2.45) is 11.8 Å². The zero-order chi connectivity index (χ0) is 16.5. The number of amides is 1. The van der Waals surface area contributed by atoms with E-state index in [2.05, 4.69) is 0 Å². The van der Waals surface area contributed by atoms with Gasteiger partial charge in [-0.1, -0.05) is 26.0 Å². The molecule has 1 aliphatic heterocycles. The van der Waals surface area contributed by atoms with Crippen molar-refractivity contribution in [2.75, 3.05) is 18.8 Å². The van der Waals surface area contributed by atoms with E-state index in [1.54, 1.807) is 19.1 Å². The van der Waals surface area contributed by atoms with Crippen LogP contribution in [0.2, 0.25) is 0 Å². The molecule has 0 aromatic heterocycles. The topological polar surface area (TPSA) is 91.8 Å². The Morgan fingerprint density at radius 1 is 1.27 bits per heavy atom. The van der Waals surface area contributed by atoms with Crippen LogP contribution in [0, 0.1) is 11.8 Å². The molecule has 1 saturated heterocycles. The molecule has 0 saturated carbocycles. The highest BCUT2D eigenvalue weighted by molar-refractivity contribution is 7.91. The summed E-state index contributed by atoms with van der Waals surface area (Å²) in [4.78, 5) is 25.2. The molecular formula is C15H19NO5S. The van der Waals surface area contributed by atoms with E-state index >= 15 is 0 Å². The van der Waals surface area contributed by atoms with E-state index < -0.39 is 27.6 Å². The summed E-state index contributed by atoms with van der Waals surface area (Å²) in [6.45, 7) is 3.72. The summed E-state index contributed by atoms with van der Waals surface area (Å²) in [5.74, 6) is -2.22. The second-order valence-electron chi connectivity index (χ2n) is 5.53. The Hall–Kier alpha value is -1.89. The van der Waals surface area contributed by atoms with E-state index in [0.717, 1.165) is 0 Å². The first kappa shape index (κ1) is 16.5. The number of carbonyl (C=O) groups excluding carboxylic acids is 1. The van der Waals surface area contributed by atoms with Gasteiger partial charge in [0, 0.05) is 13.1 Å². The summed E-state index contributed by atoms with van der Waals surface area (Å²) in [7, 11) is -3.51. The van der Waals surface area contributed by atoms with E-state index in [4.69, 9.17) is 5.11 Å². The van der Waals surface area contributed by atoms with E-state index in [0.29, 0.717) is 6.54 Å². The number of likely N-dealkylation sites (tertiary alicyclic amines) is 1. The molecule has 120 valence electrons. The van der Waals surface area contributed by atoms with Crippen LogP contribution in [-0.4, -0.2) is 49.1 Å². The molecule has 2 rings (SSSR count). The molecule has 1 N–H and O–H groups in total. The summed E-state index contributed by atoms with van der Waals surface area (Å²) in [5.41, 5.74) is 0.114. The number of rotatable bonds is 4. The molecule has 1 amide bonds. The van der Waals surface area contributed by atoms with Gasteiger partial charge in [0.2, 0.25) is 0 Å². The van der Waals surface area contributed by atoms with Gasteiger partial charge in [-0.3, -0.25) is 9.59 Å². The summed E-state index contributed by atoms with van der Waals surface area (Å²) >= 11 is 0. The van der Waals surface area contributed by atoms with Gasteiger partial charge in [-0.05, 0) is 18.1 Å². The summed E-state index contributed by atoms with van der Waals surface area (Å²) in [6.07, 6.45) is 0. The lowest BCUT2D eigenvalue weighted by atomic mass is 9.99. The number of carbonyl (C=O) groups is 2. The molecule has 0 unspecified atom stereocenters. The lowest BCUT2D eigenvalue weighted by molar-refractivity contribution is -0.142. The van der Waals surface area contributed by atoms with Crippen molar-refractivity contribution < 1.29 is 23.1 Å². The maximum Gasteiger partial charge on any atom is 0.308 e. The Balaban J connectivity index is 2.34.